The fourth-order valence-electron chi connectivity index (χ4n) is 1.70. The molecule has 0 radical (unpaired) electrons. The Morgan fingerprint density at radius 3 is 2.80 bits per heavy atom. The van der Waals surface area contributed by atoms with Crippen molar-refractivity contribution >= 4 is 11.9 Å². The van der Waals surface area contributed by atoms with Gasteiger partial charge in [0.15, 0.2) is 0 Å². The van der Waals surface area contributed by atoms with Gasteiger partial charge in [-0.15, -0.1) is 0 Å². The van der Waals surface area contributed by atoms with Crippen molar-refractivity contribution in [3.63, 3.8) is 0 Å². The number of hydrogen-bond acceptors (Lipinski definition) is 3. The van der Waals surface area contributed by atoms with Crippen molar-refractivity contribution in [2.45, 2.75) is 13.0 Å². The monoisotopic (exact) mass is 204 g/mol. The van der Waals surface area contributed by atoms with Crippen molar-refractivity contribution in [1.82, 2.24) is 5.32 Å². The fourth-order valence-corrected chi connectivity index (χ4v) is 1.70. The smallest absolute Gasteiger partial charge is 0.0949 e. The molecule has 1 unspecified atom stereocenters. The Balaban J connectivity index is 2.08. The first kappa shape index (κ1) is 10.3. The highest BCUT2D eigenvalue weighted by atomic mass is 16.5. The standard InChI is InChI=1S/C12H16N2O/c1-2-14-11-5-3-10(4-6-11)12-9-13-7-8-15-12/h2-6,12-13H,7-9H2,1H3/b14-2-. The van der Waals surface area contributed by atoms with Crippen molar-refractivity contribution in [2.75, 3.05) is 19.7 Å². The fraction of sp³-hybridized carbons (Fsp3) is 0.417. The second-order valence-corrected chi connectivity index (χ2v) is 3.54. The van der Waals surface area contributed by atoms with Crippen LogP contribution >= 0.6 is 0 Å². The van der Waals surface area contributed by atoms with Crippen LogP contribution in [0.25, 0.3) is 0 Å². The summed E-state index contributed by atoms with van der Waals surface area (Å²) in [5, 5.41) is 3.32. The van der Waals surface area contributed by atoms with Crippen molar-refractivity contribution in [2.24, 2.45) is 4.99 Å². The van der Waals surface area contributed by atoms with E-state index in [-0.39, 0.29) is 6.10 Å². The number of morpholine rings is 1. The number of ether oxygens (including phenoxy) is 1. The minimum Gasteiger partial charge on any atom is -0.371 e. The molecule has 3 heteroatoms. The van der Waals surface area contributed by atoms with Crippen LogP contribution in [0.5, 0.6) is 0 Å². The Morgan fingerprint density at radius 2 is 2.20 bits per heavy atom. The minimum absolute atomic E-state index is 0.193. The van der Waals surface area contributed by atoms with E-state index in [1.54, 1.807) is 6.21 Å². The van der Waals surface area contributed by atoms with E-state index in [1.165, 1.54) is 5.56 Å². The van der Waals surface area contributed by atoms with Gasteiger partial charge in [-0.3, -0.25) is 4.99 Å². The first-order valence-electron chi connectivity index (χ1n) is 5.31. The number of nitrogens with zero attached hydrogens (tertiary/aromatic N) is 1. The van der Waals surface area contributed by atoms with Gasteiger partial charge in [-0.1, -0.05) is 12.1 Å². The van der Waals surface area contributed by atoms with Gasteiger partial charge in [0, 0.05) is 19.3 Å². The Labute approximate surface area is 90.2 Å². The largest absolute Gasteiger partial charge is 0.371 e. The summed E-state index contributed by atoms with van der Waals surface area (Å²) in [4.78, 5) is 4.21. The van der Waals surface area contributed by atoms with Crippen LogP contribution in [0.2, 0.25) is 0 Å². The van der Waals surface area contributed by atoms with Gasteiger partial charge < -0.3 is 10.1 Å². The van der Waals surface area contributed by atoms with E-state index in [0.717, 1.165) is 25.4 Å². The van der Waals surface area contributed by atoms with E-state index in [2.05, 4.69) is 22.4 Å². The van der Waals surface area contributed by atoms with Crippen molar-refractivity contribution in [3.8, 4) is 0 Å². The molecule has 2 rings (SSSR count). The molecule has 0 aliphatic carbocycles. The Hall–Kier alpha value is -1.19. The predicted molar refractivity (Wildman–Crippen MR) is 61.8 cm³/mol. The summed E-state index contributed by atoms with van der Waals surface area (Å²) in [6.45, 7) is 4.56. The van der Waals surface area contributed by atoms with Crippen molar-refractivity contribution in [1.29, 1.82) is 0 Å². The molecule has 0 saturated carbocycles. The van der Waals surface area contributed by atoms with Gasteiger partial charge in [0.2, 0.25) is 0 Å². The number of rotatable bonds is 2. The molecule has 1 aromatic carbocycles. The highest BCUT2D eigenvalue weighted by Crippen LogP contribution is 2.21. The first-order valence-corrected chi connectivity index (χ1v) is 5.31. The molecule has 0 bridgehead atoms. The molecular formula is C12H16N2O. The maximum Gasteiger partial charge on any atom is 0.0949 e. The van der Waals surface area contributed by atoms with Crippen LogP contribution in [0, 0.1) is 0 Å². The molecule has 1 aromatic rings. The lowest BCUT2D eigenvalue weighted by Gasteiger charge is -2.23. The summed E-state index contributed by atoms with van der Waals surface area (Å²) in [6.07, 6.45) is 1.99. The van der Waals surface area contributed by atoms with Crippen molar-refractivity contribution in [3.05, 3.63) is 29.8 Å². The van der Waals surface area contributed by atoms with Gasteiger partial charge in [0.05, 0.1) is 18.4 Å². The third kappa shape index (κ3) is 2.64. The van der Waals surface area contributed by atoms with E-state index in [9.17, 15) is 0 Å². The van der Waals surface area contributed by atoms with Crippen LogP contribution < -0.4 is 5.32 Å². The van der Waals surface area contributed by atoms with E-state index < -0.39 is 0 Å². The van der Waals surface area contributed by atoms with Crippen LogP contribution in [0.3, 0.4) is 0 Å². The second kappa shape index (κ2) is 5.05. The second-order valence-electron chi connectivity index (χ2n) is 3.54. The lowest BCUT2D eigenvalue weighted by Crippen LogP contribution is -2.33. The molecule has 0 spiro atoms. The van der Waals surface area contributed by atoms with E-state index >= 15 is 0 Å². The highest BCUT2D eigenvalue weighted by molar-refractivity contribution is 5.60. The van der Waals surface area contributed by atoms with Crippen molar-refractivity contribution < 1.29 is 4.74 Å². The SMILES string of the molecule is C/C=N\c1ccc(C2CNCCO2)cc1. The van der Waals surface area contributed by atoms with E-state index in [1.807, 2.05) is 19.1 Å². The number of hydrogen-bond donors (Lipinski definition) is 1. The van der Waals surface area contributed by atoms with Crippen LogP contribution in [-0.2, 0) is 4.74 Å². The zero-order valence-corrected chi connectivity index (χ0v) is 8.94. The van der Waals surface area contributed by atoms with Gasteiger partial charge >= 0.3 is 0 Å². The highest BCUT2D eigenvalue weighted by Gasteiger charge is 2.14. The number of benzene rings is 1. The molecule has 0 aromatic heterocycles. The Bertz CT molecular complexity index is 326. The Kier molecular flexibility index (Phi) is 3.48. The van der Waals surface area contributed by atoms with Crippen LogP contribution in [0.1, 0.15) is 18.6 Å². The molecule has 80 valence electrons. The third-order valence-corrected chi connectivity index (χ3v) is 2.47. The topological polar surface area (TPSA) is 33.6 Å². The average molecular weight is 204 g/mol. The van der Waals surface area contributed by atoms with Crippen LogP contribution in [-0.4, -0.2) is 25.9 Å². The van der Waals surface area contributed by atoms with Gasteiger partial charge in [-0.2, -0.15) is 0 Å². The summed E-state index contributed by atoms with van der Waals surface area (Å²) in [5.74, 6) is 0. The lowest BCUT2D eigenvalue weighted by atomic mass is 10.1. The molecule has 3 nitrogen and oxygen atoms in total. The molecule has 1 atom stereocenters. The number of nitrogens with one attached hydrogen (secondary N) is 1. The molecule has 15 heavy (non-hydrogen) atoms. The lowest BCUT2D eigenvalue weighted by molar-refractivity contribution is 0.0277. The van der Waals surface area contributed by atoms with E-state index in [4.69, 9.17) is 4.74 Å². The van der Waals surface area contributed by atoms with Gasteiger partial charge in [0.25, 0.3) is 0 Å². The number of aliphatic imine (C=N–C) groups is 1. The summed E-state index contributed by atoms with van der Waals surface area (Å²) in [6, 6.07) is 8.21. The third-order valence-electron chi connectivity index (χ3n) is 2.47. The normalized spacial score (nSPS) is 22.1. The molecular weight excluding hydrogens is 188 g/mol. The summed E-state index contributed by atoms with van der Waals surface area (Å²) in [7, 11) is 0. The molecule has 1 aliphatic rings. The molecule has 1 saturated heterocycles. The maximum absolute atomic E-state index is 5.66. The van der Waals surface area contributed by atoms with Gasteiger partial charge in [-0.05, 0) is 24.6 Å². The van der Waals surface area contributed by atoms with E-state index in [0.29, 0.717) is 0 Å². The molecule has 1 heterocycles. The quantitative estimate of drug-likeness (QED) is 0.748. The zero-order valence-electron chi connectivity index (χ0n) is 8.94. The van der Waals surface area contributed by atoms with Gasteiger partial charge in [-0.25, -0.2) is 0 Å². The van der Waals surface area contributed by atoms with Crippen LogP contribution in [0.4, 0.5) is 5.69 Å². The molecule has 0 amide bonds. The first-order chi connectivity index (χ1) is 7.40. The molecule has 1 aliphatic heterocycles. The zero-order chi connectivity index (χ0) is 10.5. The minimum atomic E-state index is 0.193. The summed E-state index contributed by atoms with van der Waals surface area (Å²) < 4.78 is 5.66. The van der Waals surface area contributed by atoms with Gasteiger partial charge in [0.1, 0.15) is 0 Å². The van der Waals surface area contributed by atoms with Crippen LogP contribution in [0.15, 0.2) is 29.3 Å². The average Bonchev–Trinajstić information content (AvgIpc) is 2.32. The summed E-state index contributed by atoms with van der Waals surface area (Å²) >= 11 is 0. The maximum atomic E-state index is 5.66. The molecule has 1 fully saturated rings. The Morgan fingerprint density at radius 1 is 1.40 bits per heavy atom. The molecule has 1 N–H and O–H groups in total. The predicted octanol–water partition coefficient (Wildman–Crippen LogP) is 2.07. The summed E-state index contributed by atoms with van der Waals surface area (Å²) in [5.41, 5.74) is 2.21.